The topological polar surface area (TPSA) is 147 Å². The fraction of sp³-hybridized carbons (Fsp3) is 0.143. The molecule has 1 saturated heterocycles. The van der Waals surface area contributed by atoms with E-state index < -0.39 is 40.8 Å². The van der Waals surface area contributed by atoms with Crippen molar-refractivity contribution in [2.24, 2.45) is 11.7 Å². The van der Waals surface area contributed by atoms with Gasteiger partial charge in [-0.15, -0.1) is 0 Å². The summed E-state index contributed by atoms with van der Waals surface area (Å²) in [6, 6.07) is 9.62. The highest BCUT2D eigenvalue weighted by atomic mass is 32.2. The molecule has 0 saturated carbocycles. The summed E-state index contributed by atoms with van der Waals surface area (Å²) in [4.78, 5) is 51.3. The molecule has 2 aromatic rings. The van der Waals surface area contributed by atoms with Gasteiger partial charge in [0.05, 0.1) is 27.8 Å². The van der Waals surface area contributed by atoms with Gasteiger partial charge in [0.15, 0.2) is 0 Å². The van der Waals surface area contributed by atoms with Crippen molar-refractivity contribution in [2.75, 3.05) is 4.90 Å². The lowest BCUT2D eigenvalue weighted by atomic mass is 9.77. The van der Waals surface area contributed by atoms with Gasteiger partial charge in [0.25, 0.3) is 0 Å². The van der Waals surface area contributed by atoms with E-state index >= 15 is 0 Å². The average Bonchev–Trinajstić information content (AvgIpc) is 2.97. The zero-order valence-corrected chi connectivity index (χ0v) is 16.5. The van der Waals surface area contributed by atoms with E-state index in [1.165, 1.54) is 36.4 Å². The molecule has 2 aromatic carbocycles. The van der Waals surface area contributed by atoms with Crippen LogP contribution in [0, 0.1) is 5.92 Å². The molecular weight excluding hydrogens is 424 g/mol. The summed E-state index contributed by atoms with van der Waals surface area (Å²) in [5, 5.41) is 18.1. The molecule has 0 radical (unpaired) electrons. The van der Waals surface area contributed by atoms with E-state index in [2.05, 4.69) is 0 Å². The predicted molar refractivity (Wildman–Crippen MR) is 108 cm³/mol. The molecule has 10 heteroatoms. The molecule has 3 heterocycles. The van der Waals surface area contributed by atoms with Gasteiger partial charge in [0, 0.05) is 17.5 Å². The van der Waals surface area contributed by atoms with Crippen LogP contribution in [-0.2, 0) is 14.4 Å². The third kappa shape index (κ3) is 2.72. The van der Waals surface area contributed by atoms with Crippen LogP contribution >= 0.6 is 11.8 Å². The van der Waals surface area contributed by atoms with Gasteiger partial charge < -0.3 is 20.7 Å². The maximum Gasteiger partial charge on any atom is 0.342 e. The first kappa shape index (κ1) is 19.2. The molecule has 0 spiro atoms. The number of nitrogens with zero attached hydrogens (tertiary/aromatic N) is 1. The number of imide groups is 1. The second-order valence-electron chi connectivity index (χ2n) is 7.30. The standard InChI is InChI=1S/C21H14N2O7S/c22-17-15-13(11-6-5-10(24)7-12(11)30-21(15)29)14-16(31-17)19(26)23(18(14)25)9-3-1-8(2-4-9)20(27)28/h1-7,13-14,16,24H,22H2,(H,27,28)/t13-,14+,16+/m1/s1. The lowest BCUT2D eigenvalue weighted by molar-refractivity contribution is -0.131. The second kappa shape index (κ2) is 6.61. The van der Waals surface area contributed by atoms with E-state index in [0.717, 1.165) is 16.7 Å². The number of carbonyl (C=O) groups is 4. The van der Waals surface area contributed by atoms with Crippen molar-refractivity contribution < 1.29 is 34.1 Å². The number of thioether (sulfide) groups is 1. The number of hydrogen-bond donors (Lipinski definition) is 3. The number of anilines is 1. The van der Waals surface area contributed by atoms with Gasteiger partial charge in [-0.05, 0) is 30.3 Å². The van der Waals surface area contributed by atoms with Crippen molar-refractivity contribution in [1.29, 1.82) is 0 Å². The lowest BCUT2D eigenvalue weighted by Crippen LogP contribution is -2.39. The summed E-state index contributed by atoms with van der Waals surface area (Å²) in [6.45, 7) is 0. The molecule has 0 aromatic heterocycles. The Hall–Kier alpha value is -3.79. The van der Waals surface area contributed by atoms with Crippen molar-refractivity contribution in [3.63, 3.8) is 0 Å². The number of phenols is 1. The number of benzene rings is 2. The summed E-state index contributed by atoms with van der Waals surface area (Å²) in [6.07, 6.45) is 0. The molecule has 31 heavy (non-hydrogen) atoms. The number of carboxylic acids is 1. The zero-order valence-electron chi connectivity index (χ0n) is 15.6. The summed E-state index contributed by atoms with van der Waals surface area (Å²) < 4.78 is 5.29. The zero-order chi connectivity index (χ0) is 22.0. The Labute approximate surface area is 179 Å². The number of carboxylic acid groups (broad SMARTS) is 1. The van der Waals surface area contributed by atoms with Crippen LogP contribution in [-0.4, -0.2) is 39.2 Å². The quantitative estimate of drug-likeness (QED) is 0.361. The molecule has 0 aliphatic carbocycles. The van der Waals surface area contributed by atoms with Crippen molar-refractivity contribution >= 4 is 41.2 Å². The first-order valence-corrected chi connectivity index (χ1v) is 10.1. The van der Waals surface area contributed by atoms with Crippen LogP contribution in [0.1, 0.15) is 21.8 Å². The van der Waals surface area contributed by atoms with E-state index in [1.807, 2.05) is 0 Å². The number of aromatic carboxylic acids is 1. The number of esters is 1. The number of amides is 2. The number of ether oxygens (including phenoxy) is 1. The van der Waals surface area contributed by atoms with Crippen molar-refractivity contribution in [3.05, 3.63) is 64.2 Å². The Balaban J connectivity index is 1.61. The third-order valence-electron chi connectivity index (χ3n) is 5.61. The minimum absolute atomic E-state index is 0.0200. The van der Waals surface area contributed by atoms with E-state index in [4.69, 9.17) is 15.6 Å². The molecule has 0 bridgehead atoms. The SMILES string of the molecule is NC1=C2C(=O)Oc3cc(O)ccc3[C@@H]2[C@@H]2C(=O)N(c3ccc(C(=O)O)cc3)C(=O)[C@H]2S1. The van der Waals surface area contributed by atoms with Crippen molar-refractivity contribution in [1.82, 2.24) is 0 Å². The molecule has 9 nitrogen and oxygen atoms in total. The van der Waals surface area contributed by atoms with Gasteiger partial charge in [-0.3, -0.25) is 9.59 Å². The van der Waals surface area contributed by atoms with E-state index in [-0.39, 0.29) is 33.4 Å². The van der Waals surface area contributed by atoms with Crippen LogP contribution in [0.5, 0.6) is 11.5 Å². The van der Waals surface area contributed by atoms with Gasteiger partial charge in [0.2, 0.25) is 11.8 Å². The minimum Gasteiger partial charge on any atom is -0.508 e. The Morgan fingerprint density at radius 2 is 1.77 bits per heavy atom. The first-order chi connectivity index (χ1) is 14.8. The van der Waals surface area contributed by atoms with Gasteiger partial charge in [-0.25, -0.2) is 14.5 Å². The molecule has 3 aliphatic rings. The van der Waals surface area contributed by atoms with Crippen molar-refractivity contribution in [3.8, 4) is 11.5 Å². The van der Waals surface area contributed by atoms with Crippen LogP contribution in [0.2, 0.25) is 0 Å². The summed E-state index contributed by atoms with van der Waals surface area (Å²) in [7, 11) is 0. The van der Waals surface area contributed by atoms with Gasteiger partial charge in [-0.1, -0.05) is 17.8 Å². The summed E-state index contributed by atoms with van der Waals surface area (Å²) in [5.41, 5.74) is 6.97. The largest absolute Gasteiger partial charge is 0.508 e. The number of nitrogens with two attached hydrogens (primary N) is 1. The highest BCUT2D eigenvalue weighted by Crippen LogP contribution is 2.54. The van der Waals surface area contributed by atoms with Crippen LogP contribution in [0.4, 0.5) is 5.69 Å². The van der Waals surface area contributed by atoms with Crippen LogP contribution in [0.25, 0.3) is 0 Å². The van der Waals surface area contributed by atoms with E-state index in [9.17, 15) is 24.3 Å². The Morgan fingerprint density at radius 1 is 1.06 bits per heavy atom. The average molecular weight is 438 g/mol. The smallest absolute Gasteiger partial charge is 0.342 e. The Bertz CT molecular complexity index is 1220. The number of carbonyl (C=O) groups excluding carboxylic acids is 3. The predicted octanol–water partition coefficient (Wildman–Crippen LogP) is 1.57. The highest BCUT2D eigenvalue weighted by molar-refractivity contribution is 8.04. The highest BCUT2D eigenvalue weighted by Gasteiger charge is 2.58. The summed E-state index contributed by atoms with van der Waals surface area (Å²) in [5.74, 6) is -4.57. The van der Waals surface area contributed by atoms with Crippen LogP contribution < -0.4 is 15.4 Å². The molecular formula is C21H14N2O7S. The monoisotopic (exact) mass is 438 g/mol. The van der Waals surface area contributed by atoms with Crippen LogP contribution in [0.3, 0.4) is 0 Å². The summed E-state index contributed by atoms with van der Waals surface area (Å²) >= 11 is 0.944. The van der Waals surface area contributed by atoms with E-state index in [1.54, 1.807) is 6.07 Å². The normalized spacial score (nSPS) is 24.5. The molecule has 4 N–H and O–H groups in total. The number of rotatable bonds is 2. The first-order valence-electron chi connectivity index (χ1n) is 9.20. The molecule has 2 amide bonds. The number of phenolic OH excluding ortho intramolecular Hbond substituents is 1. The van der Waals surface area contributed by atoms with Gasteiger partial charge >= 0.3 is 11.9 Å². The fourth-order valence-electron chi connectivity index (χ4n) is 4.25. The Kier molecular flexibility index (Phi) is 4.09. The maximum absolute atomic E-state index is 13.4. The number of fused-ring (bicyclic) bond motifs is 5. The molecule has 3 atom stereocenters. The minimum atomic E-state index is -1.13. The number of aromatic hydroxyl groups is 1. The maximum atomic E-state index is 13.4. The number of hydrogen-bond acceptors (Lipinski definition) is 8. The third-order valence-corrected chi connectivity index (χ3v) is 6.83. The Morgan fingerprint density at radius 3 is 2.45 bits per heavy atom. The second-order valence-corrected chi connectivity index (χ2v) is 8.48. The molecule has 3 aliphatic heterocycles. The molecule has 5 rings (SSSR count). The molecule has 0 unspecified atom stereocenters. The lowest BCUT2D eigenvalue weighted by Gasteiger charge is -2.36. The van der Waals surface area contributed by atoms with Crippen molar-refractivity contribution in [2.45, 2.75) is 11.2 Å². The van der Waals surface area contributed by atoms with Gasteiger partial charge in [-0.2, -0.15) is 0 Å². The van der Waals surface area contributed by atoms with Gasteiger partial charge in [0.1, 0.15) is 16.7 Å². The fourth-order valence-corrected chi connectivity index (χ4v) is 5.49. The van der Waals surface area contributed by atoms with Crippen LogP contribution in [0.15, 0.2) is 53.1 Å². The van der Waals surface area contributed by atoms with E-state index in [0.29, 0.717) is 5.56 Å². The molecule has 1 fully saturated rings. The molecule has 156 valence electrons.